The van der Waals surface area contributed by atoms with Crippen molar-refractivity contribution in [2.75, 3.05) is 11.9 Å². The lowest BCUT2D eigenvalue weighted by atomic mass is 10.3. The van der Waals surface area contributed by atoms with Crippen molar-refractivity contribution >= 4 is 11.7 Å². The third-order valence-corrected chi connectivity index (χ3v) is 3.46. The highest BCUT2D eigenvalue weighted by atomic mass is 16.3. The zero-order valence-corrected chi connectivity index (χ0v) is 13.2. The van der Waals surface area contributed by atoms with Gasteiger partial charge in [-0.25, -0.2) is 4.68 Å². The Bertz CT molecular complexity index is 794. The van der Waals surface area contributed by atoms with E-state index in [1.54, 1.807) is 21.6 Å². The number of anilines is 1. The van der Waals surface area contributed by atoms with Gasteiger partial charge in [0.1, 0.15) is 0 Å². The molecule has 0 aliphatic heterocycles. The van der Waals surface area contributed by atoms with Crippen LogP contribution in [-0.2, 0) is 17.8 Å². The molecule has 1 amide bonds. The highest BCUT2D eigenvalue weighted by Gasteiger charge is 2.09. The Hall–Kier alpha value is -2.93. The molecule has 0 aliphatic rings. The molecule has 7 heteroatoms. The van der Waals surface area contributed by atoms with E-state index in [1.807, 2.05) is 42.6 Å². The maximum absolute atomic E-state index is 12.1. The van der Waals surface area contributed by atoms with E-state index in [2.05, 4.69) is 15.5 Å². The lowest BCUT2D eigenvalue weighted by Gasteiger charge is -2.02. The molecule has 1 aromatic carbocycles. The van der Waals surface area contributed by atoms with E-state index >= 15 is 0 Å². The van der Waals surface area contributed by atoms with Crippen molar-refractivity contribution in [1.82, 2.24) is 19.6 Å². The van der Waals surface area contributed by atoms with E-state index in [4.69, 9.17) is 5.11 Å². The van der Waals surface area contributed by atoms with Gasteiger partial charge in [0.05, 0.1) is 17.8 Å². The lowest BCUT2D eigenvalue weighted by molar-refractivity contribution is -0.115. The first-order chi connectivity index (χ1) is 11.7. The van der Waals surface area contributed by atoms with Crippen molar-refractivity contribution in [2.24, 2.45) is 0 Å². The molecule has 0 bridgehead atoms. The van der Waals surface area contributed by atoms with Crippen LogP contribution < -0.4 is 5.32 Å². The Morgan fingerprint density at radius 2 is 1.92 bits per heavy atom. The Labute approximate surface area is 139 Å². The Balaban J connectivity index is 1.57. The Kier molecular flexibility index (Phi) is 5.02. The summed E-state index contributed by atoms with van der Waals surface area (Å²) in [5.74, 6) is 0.334. The summed E-state index contributed by atoms with van der Waals surface area (Å²) in [4.78, 5) is 12.1. The second-order valence-electron chi connectivity index (χ2n) is 5.35. The summed E-state index contributed by atoms with van der Waals surface area (Å²) in [5, 5.41) is 20.2. The molecular weight excluding hydrogens is 306 g/mol. The van der Waals surface area contributed by atoms with Gasteiger partial charge in [0, 0.05) is 31.6 Å². The maximum atomic E-state index is 12.1. The molecule has 0 radical (unpaired) electrons. The highest BCUT2D eigenvalue weighted by Crippen LogP contribution is 2.08. The number of para-hydroxylation sites is 1. The zero-order chi connectivity index (χ0) is 16.8. The number of carbonyl (C=O) groups excluding carboxylic acids is 1. The largest absolute Gasteiger partial charge is 0.396 e. The number of aliphatic hydroxyl groups excluding tert-OH is 1. The average Bonchev–Trinajstić information content (AvgIpc) is 3.23. The van der Waals surface area contributed by atoms with Crippen molar-refractivity contribution in [3.8, 4) is 5.69 Å². The minimum absolute atomic E-state index is 0.117. The van der Waals surface area contributed by atoms with Crippen molar-refractivity contribution in [3.05, 3.63) is 60.6 Å². The fourth-order valence-corrected chi connectivity index (χ4v) is 2.32. The van der Waals surface area contributed by atoms with Gasteiger partial charge >= 0.3 is 0 Å². The van der Waals surface area contributed by atoms with E-state index in [0.29, 0.717) is 24.5 Å². The molecule has 3 rings (SSSR count). The predicted octanol–water partition coefficient (Wildman–Crippen LogP) is 1.63. The third kappa shape index (κ3) is 4.08. The van der Waals surface area contributed by atoms with E-state index < -0.39 is 0 Å². The van der Waals surface area contributed by atoms with Crippen LogP contribution >= 0.6 is 0 Å². The van der Waals surface area contributed by atoms with Gasteiger partial charge < -0.3 is 10.4 Å². The number of rotatable bonds is 7. The predicted molar refractivity (Wildman–Crippen MR) is 89.8 cm³/mol. The van der Waals surface area contributed by atoms with Gasteiger partial charge in [-0.15, -0.1) is 0 Å². The van der Waals surface area contributed by atoms with Gasteiger partial charge in [-0.3, -0.25) is 9.48 Å². The first-order valence-electron chi connectivity index (χ1n) is 7.79. The topological polar surface area (TPSA) is 85.0 Å². The molecule has 3 aromatic rings. The van der Waals surface area contributed by atoms with Crippen LogP contribution in [-0.4, -0.2) is 37.2 Å². The van der Waals surface area contributed by atoms with E-state index in [-0.39, 0.29) is 18.9 Å². The van der Waals surface area contributed by atoms with Crippen molar-refractivity contribution < 1.29 is 9.90 Å². The molecule has 0 unspecified atom stereocenters. The number of benzene rings is 1. The molecule has 2 aromatic heterocycles. The molecule has 2 N–H and O–H groups in total. The first-order valence-corrected chi connectivity index (χ1v) is 7.79. The van der Waals surface area contributed by atoms with Gasteiger partial charge in [0.2, 0.25) is 5.91 Å². The molecule has 0 spiro atoms. The summed E-state index contributed by atoms with van der Waals surface area (Å²) in [6.07, 6.45) is 4.42. The van der Waals surface area contributed by atoms with Gasteiger partial charge in [-0.1, -0.05) is 18.2 Å². The van der Waals surface area contributed by atoms with Crippen molar-refractivity contribution in [2.45, 2.75) is 19.4 Å². The highest BCUT2D eigenvalue weighted by molar-refractivity contribution is 5.91. The normalized spacial score (nSPS) is 10.7. The van der Waals surface area contributed by atoms with Gasteiger partial charge in [0.25, 0.3) is 0 Å². The quantitative estimate of drug-likeness (QED) is 0.691. The number of aromatic nitrogens is 4. The molecule has 0 saturated heterocycles. The third-order valence-electron chi connectivity index (χ3n) is 3.46. The maximum Gasteiger partial charge on any atom is 0.231 e. The van der Waals surface area contributed by atoms with Crippen LogP contribution in [0.5, 0.6) is 0 Å². The molecule has 2 heterocycles. The smallest absolute Gasteiger partial charge is 0.231 e. The van der Waals surface area contributed by atoms with Crippen LogP contribution in [0, 0.1) is 0 Å². The summed E-state index contributed by atoms with van der Waals surface area (Å²) in [6, 6.07) is 13.3. The van der Waals surface area contributed by atoms with Crippen LogP contribution in [0.15, 0.2) is 54.9 Å². The monoisotopic (exact) mass is 325 g/mol. The number of aryl methyl sites for hydroxylation is 1. The summed E-state index contributed by atoms with van der Waals surface area (Å²) in [5.41, 5.74) is 1.64. The molecule has 0 aliphatic carbocycles. The summed E-state index contributed by atoms with van der Waals surface area (Å²) < 4.78 is 3.43. The Morgan fingerprint density at radius 1 is 1.08 bits per heavy atom. The standard InChI is InChI=1S/C17H19N5O2/c23-12-4-9-21-10-8-16(20-21)18-17(24)13-14-7-11-22(19-14)15-5-2-1-3-6-15/h1-3,5-8,10-11,23H,4,9,12-13H2,(H,18,20,24). The number of hydrogen-bond donors (Lipinski definition) is 2. The van der Waals surface area contributed by atoms with Crippen molar-refractivity contribution in [1.29, 1.82) is 0 Å². The lowest BCUT2D eigenvalue weighted by Crippen LogP contribution is -2.15. The second kappa shape index (κ2) is 7.56. The second-order valence-corrected chi connectivity index (χ2v) is 5.35. The summed E-state index contributed by atoms with van der Waals surface area (Å²) in [7, 11) is 0. The zero-order valence-electron chi connectivity index (χ0n) is 13.2. The van der Waals surface area contributed by atoms with Crippen LogP contribution in [0.25, 0.3) is 5.69 Å². The minimum atomic E-state index is -0.166. The molecule has 0 fully saturated rings. The molecule has 0 atom stereocenters. The van der Waals surface area contributed by atoms with Crippen LogP contribution in [0.1, 0.15) is 12.1 Å². The van der Waals surface area contributed by atoms with Crippen LogP contribution in [0.4, 0.5) is 5.82 Å². The number of nitrogens with one attached hydrogen (secondary N) is 1. The fraction of sp³-hybridized carbons (Fsp3) is 0.235. The number of amides is 1. The van der Waals surface area contributed by atoms with Crippen molar-refractivity contribution in [3.63, 3.8) is 0 Å². The SMILES string of the molecule is O=C(Cc1ccn(-c2ccccc2)n1)Nc1ccn(CCCO)n1. The van der Waals surface area contributed by atoms with Crippen LogP contribution in [0.2, 0.25) is 0 Å². The molecule has 24 heavy (non-hydrogen) atoms. The van der Waals surface area contributed by atoms with Crippen LogP contribution in [0.3, 0.4) is 0 Å². The van der Waals surface area contributed by atoms with E-state index in [1.165, 1.54) is 0 Å². The van der Waals surface area contributed by atoms with E-state index in [0.717, 1.165) is 5.69 Å². The number of carbonyl (C=O) groups is 1. The molecular formula is C17H19N5O2. The number of hydrogen-bond acceptors (Lipinski definition) is 4. The molecule has 0 saturated carbocycles. The number of aliphatic hydroxyl groups is 1. The summed E-state index contributed by atoms with van der Waals surface area (Å²) in [6.45, 7) is 0.736. The average molecular weight is 325 g/mol. The van der Waals surface area contributed by atoms with Gasteiger partial charge in [-0.05, 0) is 24.6 Å². The minimum Gasteiger partial charge on any atom is -0.396 e. The Morgan fingerprint density at radius 3 is 2.71 bits per heavy atom. The summed E-state index contributed by atoms with van der Waals surface area (Å²) >= 11 is 0. The number of nitrogens with zero attached hydrogens (tertiary/aromatic N) is 4. The first kappa shape index (κ1) is 15.9. The molecule has 7 nitrogen and oxygen atoms in total. The van der Waals surface area contributed by atoms with Gasteiger partial charge in [-0.2, -0.15) is 10.2 Å². The van der Waals surface area contributed by atoms with E-state index in [9.17, 15) is 4.79 Å². The fourth-order valence-electron chi connectivity index (χ4n) is 2.32. The molecule has 124 valence electrons. The van der Waals surface area contributed by atoms with Gasteiger partial charge in [0.15, 0.2) is 5.82 Å².